The van der Waals surface area contributed by atoms with Gasteiger partial charge in [0, 0.05) is 41.5 Å². The monoisotopic (exact) mass is 453 g/mol. The molecule has 0 saturated carbocycles. The molecule has 0 fully saturated rings. The molecule has 3 aromatic heterocycles. The fourth-order valence-corrected chi connectivity index (χ4v) is 4.95. The summed E-state index contributed by atoms with van der Waals surface area (Å²) in [5.74, 6) is -0.903. The summed E-state index contributed by atoms with van der Waals surface area (Å²) in [6, 6.07) is 6.95. The SMILES string of the molecule is CC(=O)C1=C(C)N(C)C(C)=C(C(=O)Oc2ccc(Cl)nc2)C1c1csc2ncccc12. The number of Topliss-reactive ketones (excluding diaryl/α,β-unsaturated/α-hetero) is 1. The van der Waals surface area contributed by atoms with Crippen LogP contribution in [-0.4, -0.2) is 33.7 Å². The van der Waals surface area contributed by atoms with Gasteiger partial charge in [-0.05, 0) is 49.9 Å². The van der Waals surface area contributed by atoms with Crippen molar-refractivity contribution in [1.82, 2.24) is 14.9 Å². The van der Waals surface area contributed by atoms with E-state index in [1.807, 2.05) is 43.3 Å². The van der Waals surface area contributed by atoms with E-state index in [0.717, 1.165) is 27.2 Å². The minimum atomic E-state index is -0.556. The molecule has 4 rings (SSSR count). The van der Waals surface area contributed by atoms with Crippen LogP contribution in [0.1, 0.15) is 32.3 Å². The Kier molecular flexibility index (Phi) is 5.64. The molecule has 1 aliphatic heterocycles. The van der Waals surface area contributed by atoms with Gasteiger partial charge in [0.25, 0.3) is 0 Å². The van der Waals surface area contributed by atoms with Gasteiger partial charge in [-0.2, -0.15) is 0 Å². The molecular weight excluding hydrogens is 434 g/mol. The molecule has 0 amide bonds. The minimum absolute atomic E-state index is 0.0939. The summed E-state index contributed by atoms with van der Waals surface area (Å²) in [5, 5.41) is 3.19. The topological polar surface area (TPSA) is 72.4 Å². The number of carbonyl (C=O) groups is 2. The average molecular weight is 454 g/mol. The predicted molar refractivity (Wildman–Crippen MR) is 121 cm³/mol. The Morgan fingerprint density at radius 2 is 1.87 bits per heavy atom. The Hall–Kier alpha value is -3.03. The van der Waals surface area contributed by atoms with Gasteiger partial charge in [-0.15, -0.1) is 11.3 Å². The fraction of sp³-hybridized carbons (Fsp3) is 0.217. The summed E-state index contributed by atoms with van der Waals surface area (Å²) in [6.07, 6.45) is 3.13. The number of fused-ring (bicyclic) bond motifs is 1. The fourth-order valence-electron chi connectivity index (χ4n) is 3.90. The van der Waals surface area contributed by atoms with Gasteiger partial charge in [-0.3, -0.25) is 4.79 Å². The molecule has 1 aliphatic rings. The molecule has 1 atom stereocenters. The maximum atomic E-state index is 13.4. The predicted octanol–water partition coefficient (Wildman–Crippen LogP) is 5.12. The third-order valence-electron chi connectivity index (χ3n) is 5.56. The first kappa shape index (κ1) is 21.2. The number of hydrogen-bond donors (Lipinski definition) is 0. The number of esters is 1. The van der Waals surface area contributed by atoms with Crippen LogP contribution < -0.4 is 4.74 Å². The van der Waals surface area contributed by atoms with E-state index in [4.69, 9.17) is 16.3 Å². The van der Waals surface area contributed by atoms with Crippen LogP contribution in [0.15, 0.2) is 64.6 Å². The van der Waals surface area contributed by atoms with Gasteiger partial charge in [0.15, 0.2) is 5.78 Å². The van der Waals surface area contributed by atoms with Crippen LogP contribution in [0.3, 0.4) is 0 Å². The standard InChI is InChI=1S/C23H20ClN3O3S/c1-12-19(14(3)28)21(17-11-31-22-16(17)6-5-9-25-22)20(13(2)27(12)4)23(29)30-15-7-8-18(24)26-10-15/h5-11,21H,1-4H3. The van der Waals surface area contributed by atoms with Crippen molar-refractivity contribution in [2.75, 3.05) is 7.05 Å². The molecule has 0 aromatic carbocycles. The second-order valence-electron chi connectivity index (χ2n) is 7.30. The lowest BCUT2D eigenvalue weighted by Gasteiger charge is -2.35. The van der Waals surface area contributed by atoms with E-state index in [0.29, 0.717) is 16.3 Å². The third kappa shape index (κ3) is 3.75. The van der Waals surface area contributed by atoms with Crippen LogP contribution in [0.2, 0.25) is 5.15 Å². The number of ether oxygens (including phenoxy) is 1. The zero-order valence-corrected chi connectivity index (χ0v) is 19.0. The van der Waals surface area contributed by atoms with Crippen molar-refractivity contribution in [2.24, 2.45) is 0 Å². The molecule has 0 saturated heterocycles. The van der Waals surface area contributed by atoms with Crippen molar-refractivity contribution >= 4 is 44.9 Å². The highest BCUT2D eigenvalue weighted by Crippen LogP contribution is 2.45. The molecule has 3 aromatic rings. The first-order chi connectivity index (χ1) is 14.8. The van der Waals surface area contributed by atoms with Gasteiger partial charge in [0.1, 0.15) is 15.7 Å². The van der Waals surface area contributed by atoms with Crippen LogP contribution in [0.25, 0.3) is 10.2 Å². The molecule has 31 heavy (non-hydrogen) atoms. The zero-order chi connectivity index (χ0) is 22.3. The lowest BCUT2D eigenvalue weighted by molar-refractivity contribution is -0.130. The van der Waals surface area contributed by atoms with Crippen molar-refractivity contribution in [3.63, 3.8) is 0 Å². The van der Waals surface area contributed by atoms with Gasteiger partial charge < -0.3 is 9.64 Å². The molecule has 0 bridgehead atoms. The molecule has 1 unspecified atom stereocenters. The zero-order valence-electron chi connectivity index (χ0n) is 17.5. The first-order valence-electron chi connectivity index (χ1n) is 9.61. The highest BCUT2D eigenvalue weighted by Gasteiger charge is 2.39. The number of nitrogens with zero attached hydrogens (tertiary/aromatic N) is 3. The minimum Gasteiger partial charge on any atom is -0.421 e. The van der Waals surface area contributed by atoms with Crippen LogP contribution in [0.5, 0.6) is 5.75 Å². The van der Waals surface area contributed by atoms with Gasteiger partial charge >= 0.3 is 5.97 Å². The maximum absolute atomic E-state index is 13.4. The Morgan fingerprint density at radius 3 is 2.55 bits per heavy atom. The number of ketones is 1. The van der Waals surface area contributed by atoms with Gasteiger partial charge in [-0.25, -0.2) is 14.8 Å². The maximum Gasteiger partial charge on any atom is 0.342 e. The second kappa shape index (κ2) is 8.24. The van der Waals surface area contributed by atoms with Crippen LogP contribution >= 0.6 is 22.9 Å². The van der Waals surface area contributed by atoms with Gasteiger partial charge in [0.2, 0.25) is 0 Å². The Labute approximate surface area is 188 Å². The normalized spacial score (nSPS) is 16.8. The number of aromatic nitrogens is 2. The molecule has 0 spiro atoms. The molecule has 0 aliphatic carbocycles. The lowest BCUT2D eigenvalue weighted by atomic mass is 9.78. The van der Waals surface area contributed by atoms with E-state index in [9.17, 15) is 9.59 Å². The molecule has 6 nitrogen and oxygen atoms in total. The van der Waals surface area contributed by atoms with Crippen LogP contribution in [0, 0.1) is 0 Å². The molecular formula is C23H20ClN3O3S. The van der Waals surface area contributed by atoms with E-state index in [1.54, 1.807) is 18.3 Å². The number of halogens is 1. The van der Waals surface area contributed by atoms with Crippen LogP contribution in [0.4, 0.5) is 0 Å². The molecule has 0 radical (unpaired) electrons. The van der Waals surface area contributed by atoms with Crippen molar-refractivity contribution in [1.29, 1.82) is 0 Å². The Balaban J connectivity index is 1.88. The average Bonchev–Trinajstić information content (AvgIpc) is 3.17. The summed E-state index contributed by atoms with van der Waals surface area (Å²) in [6.45, 7) is 5.28. The highest BCUT2D eigenvalue weighted by molar-refractivity contribution is 7.16. The van der Waals surface area contributed by atoms with Crippen molar-refractivity contribution in [3.8, 4) is 5.75 Å². The summed E-state index contributed by atoms with van der Waals surface area (Å²) in [5.41, 5.74) is 3.38. The Morgan fingerprint density at radius 1 is 1.13 bits per heavy atom. The molecule has 0 N–H and O–H groups in total. The number of thiophene rings is 1. The lowest BCUT2D eigenvalue weighted by Crippen LogP contribution is -2.33. The van der Waals surface area contributed by atoms with Gasteiger partial charge in [0.05, 0.1) is 11.8 Å². The summed E-state index contributed by atoms with van der Waals surface area (Å²) in [4.78, 5) is 37.3. The van der Waals surface area contributed by atoms with E-state index >= 15 is 0 Å². The highest BCUT2D eigenvalue weighted by atomic mass is 35.5. The third-order valence-corrected chi connectivity index (χ3v) is 6.71. The van der Waals surface area contributed by atoms with E-state index in [-0.39, 0.29) is 11.5 Å². The van der Waals surface area contributed by atoms with Crippen LogP contribution in [-0.2, 0) is 9.59 Å². The number of hydrogen-bond acceptors (Lipinski definition) is 7. The number of rotatable bonds is 4. The second-order valence-corrected chi connectivity index (χ2v) is 8.55. The molecule has 4 heterocycles. The molecule has 8 heteroatoms. The first-order valence-corrected chi connectivity index (χ1v) is 10.9. The van der Waals surface area contributed by atoms with Crippen molar-refractivity contribution in [3.05, 3.63) is 75.3 Å². The number of pyridine rings is 2. The smallest absolute Gasteiger partial charge is 0.342 e. The number of allylic oxidation sites excluding steroid dienone is 3. The Bertz CT molecular complexity index is 1260. The van der Waals surface area contributed by atoms with Crippen molar-refractivity contribution < 1.29 is 14.3 Å². The van der Waals surface area contributed by atoms with E-state index in [2.05, 4.69) is 9.97 Å². The quantitative estimate of drug-likeness (QED) is 0.403. The summed E-state index contributed by atoms with van der Waals surface area (Å²) in [7, 11) is 1.84. The largest absolute Gasteiger partial charge is 0.421 e. The van der Waals surface area contributed by atoms with Gasteiger partial charge in [-0.1, -0.05) is 17.7 Å². The van der Waals surface area contributed by atoms with E-state index in [1.165, 1.54) is 24.5 Å². The molecule has 158 valence electrons. The summed E-state index contributed by atoms with van der Waals surface area (Å²) >= 11 is 7.33. The summed E-state index contributed by atoms with van der Waals surface area (Å²) < 4.78 is 5.64. The number of carbonyl (C=O) groups excluding carboxylic acids is 2. The van der Waals surface area contributed by atoms with Crippen molar-refractivity contribution in [2.45, 2.75) is 26.7 Å². The van der Waals surface area contributed by atoms with E-state index < -0.39 is 11.9 Å².